The summed E-state index contributed by atoms with van der Waals surface area (Å²) in [5.74, 6) is 0. The first-order chi connectivity index (χ1) is 15.5. The van der Waals surface area contributed by atoms with Crippen molar-refractivity contribution in [1.82, 2.24) is 4.57 Å². The molecule has 0 fully saturated rings. The maximum absolute atomic E-state index is 13.6. The van der Waals surface area contributed by atoms with E-state index in [1.165, 1.54) is 30.3 Å². The third kappa shape index (κ3) is 4.31. The normalized spacial score (nSPS) is 12.2. The molecule has 0 atom stereocenters. The summed E-state index contributed by atoms with van der Waals surface area (Å²) in [5.41, 5.74) is 0.860. The van der Waals surface area contributed by atoms with E-state index in [9.17, 15) is 26.3 Å². The summed E-state index contributed by atoms with van der Waals surface area (Å²) in [6, 6.07) is 17.6. The first-order valence-electron chi connectivity index (χ1n) is 9.86. The number of hydrogen-bond donors (Lipinski definition) is 0. The molecule has 0 aliphatic rings. The summed E-state index contributed by atoms with van der Waals surface area (Å²) in [5, 5.41) is 9.09. The van der Waals surface area contributed by atoms with Gasteiger partial charge in [0, 0.05) is 23.1 Å². The second-order valence-corrected chi connectivity index (χ2v) is 7.68. The van der Waals surface area contributed by atoms with Gasteiger partial charge in [0.05, 0.1) is 22.8 Å². The molecule has 168 valence electrons. The number of alkyl halides is 6. The largest absolute Gasteiger partial charge is 0.418 e. The Morgan fingerprint density at radius 3 is 2.12 bits per heavy atom. The van der Waals surface area contributed by atoms with E-state index in [0.717, 1.165) is 17.7 Å². The lowest BCUT2D eigenvalue weighted by molar-refractivity contribution is -0.138. The van der Waals surface area contributed by atoms with Crippen molar-refractivity contribution in [3.05, 3.63) is 94.7 Å². The van der Waals surface area contributed by atoms with Gasteiger partial charge in [-0.25, -0.2) is 0 Å². The van der Waals surface area contributed by atoms with Gasteiger partial charge in [-0.05, 0) is 60.0 Å². The molecule has 0 spiro atoms. The highest BCUT2D eigenvalue weighted by Gasteiger charge is 2.36. The predicted octanol–water partition coefficient (Wildman–Crippen LogP) is 7.57. The zero-order valence-electron chi connectivity index (χ0n) is 17.2. The number of aryl methyl sites for hydroxylation is 1. The van der Waals surface area contributed by atoms with E-state index in [4.69, 9.17) is 5.26 Å². The van der Waals surface area contributed by atoms with Crippen molar-refractivity contribution in [3.8, 4) is 17.2 Å². The van der Waals surface area contributed by atoms with Crippen LogP contribution in [-0.2, 0) is 18.9 Å². The number of hydrogen-bond acceptors (Lipinski definition) is 1. The van der Waals surface area contributed by atoms with Crippen LogP contribution in [0.15, 0.2) is 66.7 Å². The van der Waals surface area contributed by atoms with Crippen molar-refractivity contribution in [2.75, 3.05) is 0 Å². The van der Waals surface area contributed by atoms with Gasteiger partial charge in [-0.2, -0.15) is 31.6 Å². The molecule has 0 aliphatic heterocycles. The molecule has 0 saturated heterocycles. The van der Waals surface area contributed by atoms with E-state index in [2.05, 4.69) is 0 Å². The number of nitriles is 1. The molecule has 0 bridgehead atoms. The average molecular weight is 458 g/mol. The monoisotopic (exact) mass is 458 g/mol. The lowest BCUT2D eigenvalue weighted by Crippen LogP contribution is -2.09. The number of benzene rings is 3. The maximum Gasteiger partial charge on any atom is 0.418 e. The summed E-state index contributed by atoms with van der Waals surface area (Å²) < 4.78 is 81.1. The Kier molecular flexibility index (Phi) is 5.44. The molecule has 0 amide bonds. The van der Waals surface area contributed by atoms with Crippen LogP contribution in [0.25, 0.3) is 22.0 Å². The van der Waals surface area contributed by atoms with Gasteiger partial charge in [-0.3, -0.25) is 0 Å². The SMILES string of the molecule is Cc1cc2c(C(F)(F)F)c(C#N)ccc2n1Cc1cccc(-c2ccc(C(F)(F)F)cc2)c1. The Hall–Kier alpha value is -3.73. The van der Waals surface area contributed by atoms with E-state index in [0.29, 0.717) is 22.3 Å². The topological polar surface area (TPSA) is 28.7 Å². The molecule has 0 N–H and O–H groups in total. The lowest BCUT2D eigenvalue weighted by Gasteiger charge is -2.13. The summed E-state index contributed by atoms with van der Waals surface area (Å²) in [6.45, 7) is 1.94. The van der Waals surface area contributed by atoms with Gasteiger partial charge in [0.1, 0.15) is 0 Å². The van der Waals surface area contributed by atoms with Crippen LogP contribution in [-0.4, -0.2) is 4.57 Å². The Bertz CT molecular complexity index is 1370. The van der Waals surface area contributed by atoms with Gasteiger partial charge in [-0.1, -0.05) is 30.3 Å². The number of halogens is 6. The van der Waals surface area contributed by atoms with Crippen LogP contribution < -0.4 is 0 Å². The number of nitrogens with zero attached hydrogens (tertiary/aromatic N) is 2. The molecule has 3 aromatic carbocycles. The zero-order chi connectivity index (χ0) is 24.0. The molecule has 33 heavy (non-hydrogen) atoms. The standard InChI is InChI=1S/C25H16F6N2/c1-15-11-21-22(10-7-19(13-32)23(21)25(29,30)31)33(15)14-16-3-2-4-18(12-16)17-5-8-20(9-6-17)24(26,27)28/h2-12H,14H2,1H3. The average Bonchev–Trinajstić information content (AvgIpc) is 3.06. The Morgan fingerprint density at radius 2 is 1.52 bits per heavy atom. The molecule has 8 heteroatoms. The van der Waals surface area contributed by atoms with Crippen LogP contribution in [0.5, 0.6) is 0 Å². The fraction of sp³-hybridized carbons (Fsp3) is 0.160. The fourth-order valence-corrected chi connectivity index (χ4v) is 3.96. The third-order valence-electron chi connectivity index (χ3n) is 5.51. The Labute approximate surface area is 185 Å². The van der Waals surface area contributed by atoms with E-state index in [1.54, 1.807) is 41.8 Å². The van der Waals surface area contributed by atoms with Crippen LogP contribution in [0, 0.1) is 18.3 Å². The number of rotatable bonds is 3. The quantitative estimate of drug-likeness (QED) is 0.291. The van der Waals surface area contributed by atoms with Crippen LogP contribution in [0.3, 0.4) is 0 Å². The lowest BCUT2D eigenvalue weighted by atomic mass is 10.0. The molecule has 2 nitrogen and oxygen atoms in total. The number of fused-ring (bicyclic) bond motifs is 1. The Balaban J connectivity index is 1.73. The molecule has 0 radical (unpaired) electrons. The Morgan fingerprint density at radius 1 is 0.818 bits per heavy atom. The van der Waals surface area contributed by atoms with Gasteiger partial charge in [0.15, 0.2) is 0 Å². The smallest absolute Gasteiger partial charge is 0.340 e. The molecule has 0 saturated carbocycles. The highest BCUT2D eigenvalue weighted by atomic mass is 19.4. The molecule has 4 rings (SSSR count). The van der Waals surface area contributed by atoms with E-state index >= 15 is 0 Å². The van der Waals surface area contributed by atoms with Crippen LogP contribution in [0.4, 0.5) is 26.3 Å². The highest BCUT2D eigenvalue weighted by molar-refractivity contribution is 5.87. The van der Waals surface area contributed by atoms with E-state index in [1.807, 2.05) is 0 Å². The van der Waals surface area contributed by atoms with Gasteiger partial charge < -0.3 is 4.57 Å². The minimum Gasteiger partial charge on any atom is -0.340 e. The second kappa shape index (κ2) is 8.00. The highest BCUT2D eigenvalue weighted by Crippen LogP contribution is 2.39. The molecule has 4 aromatic rings. The predicted molar refractivity (Wildman–Crippen MR) is 112 cm³/mol. The van der Waals surface area contributed by atoms with Crippen LogP contribution >= 0.6 is 0 Å². The van der Waals surface area contributed by atoms with Gasteiger partial charge >= 0.3 is 12.4 Å². The first-order valence-corrected chi connectivity index (χ1v) is 9.86. The molecular formula is C25H16F6N2. The second-order valence-electron chi connectivity index (χ2n) is 7.68. The van der Waals surface area contributed by atoms with Crippen molar-refractivity contribution in [2.45, 2.75) is 25.8 Å². The molecule has 0 aliphatic carbocycles. The number of aromatic nitrogens is 1. The van der Waals surface area contributed by atoms with Crippen molar-refractivity contribution in [2.24, 2.45) is 0 Å². The summed E-state index contributed by atoms with van der Waals surface area (Å²) in [4.78, 5) is 0. The zero-order valence-corrected chi connectivity index (χ0v) is 17.2. The van der Waals surface area contributed by atoms with E-state index in [-0.39, 0.29) is 11.9 Å². The molecule has 1 heterocycles. The van der Waals surface area contributed by atoms with Crippen molar-refractivity contribution in [3.63, 3.8) is 0 Å². The van der Waals surface area contributed by atoms with Crippen LogP contribution in [0.1, 0.15) is 27.9 Å². The summed E-state index contributed by atoms with van der Waals surface area (Å²) in [6.07, 6.45) is -9.10. The minimum absolute atomic E-state index is 0.0436. The van der Waals surface area contributed by atoms with Crippen LogP contribution in [0.2, 0.25) is 0 Å². The van der Waals surface area contributed by atoms with E-state index < -0.39 is 29.0 Å². The van der Waals surface area contributed by atoms with Crippen molar-refractivity contribution in [1.29, 1.82) is 5.26 Å². The third-order valence-corrected chi connectivity index (χ3v) is 5.51. The maximum atomic E-state index is 13.6. The molecule has 1 aromatic heterocycles. The van der Waals surface area contributed by atoms with Gasteiger partial charge in [0.25, 0.3) is 0 Å². The van der Waals surface area contributed by atoms with Crippen molar-refractivity contribution < 1.29 is 26.3 Å². The van der Waals surface area contributed by atoms with Gasteiger partial charge in [0.2, 0.25) is 0 Å². The molecule has 0 unspecified atom stereocenters. The summed E-state index contributed by atoms with van der Waals surface area (Å²) in [7, 11) is 0. The summed E-state index contributed by atoms with van der Waals surface area (Å²) >= 11 is 0. The molecular weight excluding hydrogens is 442 g/mol. The minimum atomic E-state index is -4.67. The fourth-order valence-electron chi connectivity index (χ4n) is 3.96. The first kappa shape index (κ1) is 22.5. The van der Waals surface area contributed by atoms with Crippen molar-refractivity contribution >= 4 is 10.9 Å². The van der Waals surface area contributed by atoms with Gasteiger partial charge in [-0.15, -0.1) is 0 Å².